The van der Waals surface area contributed by atoms with Gasteiger partial charge in [-0.25, -0.2) is 9.67 Å². The van der Waals surface area contributed by atoms with Crippen molar-refractivity contribution >= 4 is 17.6 Å². The first kappa shape index (κ1) is 14.1. The Kier molecular flexibility index (Phi) is 4.10. The summed E-state index contributed by atoms with van der Waals surface area (Å²) in [4.78, 5) is 16.5. The third kappa shape index (κ3) is 3.00. The Morgan fingerprint density at radius 1 is 1.30 bits per heavy atom. The van der Waals surface area contributed by atoms with E-state index in [0.29, 0.717) is 5.70 Å². The zero-order valence-corrected chi connectivity index (χ0v) is 11.8. The molecule has 5 heteroatoms. The zero-order valence-electron chi connectivity index (χ0n) is 11.8. The van der Waals surface area contributed by atoms with E-state index in [1.807, 2.05) is 30.3 Å². The van der Waals surface area contributed by atoms with E-state index in [1.54, 1.807) is 19.9 Å². The van der Waals surface area contributed by atoms with E-state index < -0.39 is 5.60 Å². The minimum Gasteiger partial charge on any atom is -0.371 e. The number of Topliss-reactive ketones (excluding diaryl/α,β-unsaturated/α-hetero) is 1. The lowest BCUT2D eigenvalue weighted by molar-refractivity contribution is -0.131. The van der Waals surface area contributed by atoms with Crippen molar-refractivity contribution < 1.29 is 9.53 Å². The lowest BCUT2D eigenvalue weighted by Crippen LogP contribution is -2.35. The predicted molar refractivity (Wildman–Crippen MR) is 76.7 cm³/mol. The normalized spacial score (nSPS) is 12.4. The largest absolute Gasteiger partial charge is 0.371 e. The molecule has 0 amide bonds. The highest BCUT2D eigenvalue weighted by Crippen LogP contribution is 2.20. The summed E-state index contributed by atoms with van der Waals surface area (Å²) in [5, 5.41) is 4.04. The SMILES string of the molecule is COC(C)(C)C(=O)C(=Cc1ccccc1)n1cncn1. The summed E-state index contributed by atoms with van der Waals surface area (Å²) in [6.07, 6.45) is 4.67. The van der Waals surface area contributed by atoms with Crippen molar-refractivity contribution in [2.75, 3.05) is 7.11 Å². The van der Waals surface area contributed by atoms with E-state index in [2.05, 4.69) is 10.1 Å². The minimum atomic E-state index is -0.924. The molecule has 2 aromatic rings. The van der Waals surface area contributed by atoms with Crippen LogP contribution in [0.15, 0.2) is 43.0 Å². The Labute approximate surface area is 117 Å². The van der Waals surface area contributed by atoms with Gasteiger partial charge in [0.05, 0.1) is 0 Å². The minimum absolute atomic E-state index is 0.158. The molecule has 104 valence electrons. The number of ether oxygens (including phenoxy) is 1. The molecule has 0 saturated carbocycles. The summed E-state index contributed by atoms with van der Waals surface area (Å²) >= 11 is 0. The van der Waals surface area contributed by atoms with Gasteiger partial charge in [0.15, 0.2) is 0 Å². The highest BCUT2D eigenvalue weighted by Gasteiger charge is 2.31. The van der Waals surface area contributed by atoms with Crippen LogP contribution < -0.4 is 0 Å². The number of hydrogen-bond donors (Lipinski definition) is 0. The summed E-state index contributed by atoms with van der Waals surface area (Å²) in [6.45, 7) is 3.45. The van der Waals surface area contributed by atoms with Crippen LogP contribution in [0.2, 0.25) is 0 Å². The molecule has 0 spiro atoms. The molecule has 0 N–H and O–H groups in total. The molecule has 1 aromatic carbocycles. The summed E-state index contributed by atoms with van der Waals surface area (Å²) in [5.74, 6) is -0.158. The molecule has 5 nitrogen and oxygen atoms in total. The van der Waals surface area contributed by atoms with Crippen LogP contribution in [0.5, 0.6) is 0 Å². The molecule has 0 radical (unpaired) electrons. The van der Waals surface area contributed by atoms with Gasteiger partial charge in [0.25, 0.3) is 0 Å². The average molecular weight is 271 g/mol. The second-order valence-corrected chi connectivity index (χ2v) is 4.82. The molecule has 0 aliphatic heterocycles. The number of hydrogen-bond acceptors (Lipinski definition) is 4. The fourth-order valence-corrected chi connectivity index (χ4v) is 1.68. The Morgan fingerprint density at radius 3 is 2.55 bits per heavy atom. The first-order valence-corrected chi connectivity index (χ1v) is 6.26. The van der Waals surface area contributed by atoms with Crippen LogP contribution in [0.1, 0.15) is 19.4 Å². The summed E-state index contributed by atoms with van der Waals surface area (Å²) in [5.41, 5.74) is 0.408. The maximum Gasteiger partial charge on any atom is 0.212 e. The summed E-state index contributed by atoms with van der Waals surface area (Å²) in [6, 6.07) is 9.59. The molecular weight excluding hydrogens is 254 g/mol. The van der Waals surface area contributed by atoms with E-state index in [9.17, 15) is 4.79 Å². The van der Waals surface area contributed by atoms with Gasteiger partial charge in [-0.2, -0.15) is 5.10 Å². The van der Waals surface area contributed by atoms with Gasteiger partial charge in [0, 0.05) is 7.11 Å². The Bertz CT molecular complexity index is 601. The van der Waals surface area contributed by atoms with Gasteiger partial charge in [-0.3, -0.25) is 4.79 Å². The molecule has 0 saturated heterocycles. The van der Waals surface area contributed by atoms with Crippen LogP contribution >= 0.6 is 0 Å². The van der Waals surface area contributed by atoms with Gasteiger partial charge < -0.3 is 4.74 Å². The second-order valence-electron chi connectivity index (χ2n) is 4.82. The van der Waals surface area contributed by atoms with Crippen molar-refractivity contribution in [1.29, 1.82) is 0 Å². The first-order chi connectivity index (χ1) is 9.54. The molecule has 1 aromatic heterocycles. The highest BCUT2D eigenvalue weighted by atomic mass is 16.5. The molecule has 0 bridgehead atoms. The standard InChI is InChI=1S/C15H17N3O2/c1-15(2,20-3)14(19)13(18-11-16-10-17-18)9-12-7-5-4-6-8-12/h4-11H,1-3H3. The molecule has 0 aliphatic carbocycles. The third-order valence-corrected chi connectivity index (χ3v) is 3.06. The smallest absolute Gasteiger partial charge is 0.212 e. The Balaban J connectivity index is 2.47. The van der Waals surface area contributed by atoms with E-state index >= 15 is 0 Å². The number of carbonyl (C=O) groups is 1. The van der Waals surface area contributed by atoms with E-state index in [4.69, 9.17) is 4.74 Å². The quantitative estimate of drug-likeness (QED) is 0.783. The monoisotopic (exact) mass is 271 g/mol. The maximum absolute atomic E-state index is 12.6. The van der Waals surface area contributed by atoms with Crippen molar-refractivity contribution in [3.8, 4) is 0 Å². The van der Waals surface area contributed by atoms with Crippen molar-refractivity contribution in [2.24, 2.45) is 0 Å². The second kappa shape index (κ2) is 5.79. The lowest BCUT2D eigenvalue weighted by Gasteiger charge is -2.22. The van der Waals surface area contributed by atoms with E-state index in [-0.39, 0.29) is 5.78 Å². The lowest BCUT2D eigenvalue weighted by atomic mass is 9.99. The van der Waals surface area contributed by atoms with Crippen LogP contribution in [0, 0.1) is 0 Å². The molecule has 2 rings (SSSR count). The van der Waals surface area contributed by atoms with Crippen molar-refractivity contribution in [1.82, 2.24) is 14.8 Å². The van der Waals surface area contributed by atoms with Crippen LogP contribution in [0.25, 0.3) is 11.8 Å². The van der Waals surface area contributed by atoms with Crippen LogP contribution in [0.3, 0.4) is 0 Å². The highest BCUT2D eigenvalue weighted by molar-refractivity contribution is 6.23. The number of ketones is 1. The summed E-state index contributed by atoms with van der Waals surface area (Å²) < 4.78 is 6.72. The Morgan fingerprint density at radius 2 is 2.00 bits per heavy atom. The number of nitrogens with zero attached hydrogens (tertiary/aromatic N) is 3. The van der Waals surface area contributed by atoms with Gasteiger partial charge >= 0.3 is 0 Å². The number of methoxy groups -OCH3 is 1. The van der Waals surface area contributed by atoms with Gasteiger partial charge in [-0.1, -0.05) is 30.3 Å². The van der Waals surface area contributed by atoms with Crippen molar-refractivity contribution in [2.45, 2.75) is 19.4 Å². The third-order valence-electron chi connectivity index (χ3n) is 3.06. The summed E-state index contributed by atoms with van der Waals surface area (Å²) in [7, 11) is 1.51. The van der Waals surface area contributed by atoms with Gasteiger partial charge in [-0.15, -0.1) is 0 Å². The van der Waals surface area contributed by atoms with Gasteiger partial charge in [0.2, 0.25) is 5.78 Å². The predicted octanol–water partition coefficient (Wildman–Crippen LogP) is 2.27. The van der Waals surface area contributed by atoms with Crippen LogP contribution in [0.4, 0.5) is 0 Å². The van der Waals surface area contributed by atoms with E-state index in [1.165, 1.54) is 24.4 Å². The molecule has 0 unspecified atom stereocenters. The number of aromatic nitrogens is 3. The van der Waals surface area contributed by atoms with E-state index in [0.717, 1.165) is 5.56 Å². The van der Waals surface area contributed by atoms with Gasteiger partial charge in [0.1, 0.15) is 24.0 Å². The van der Waals surface area contributed by atoms with Gasteiger partial charge in [-0.05, 0) is 25.5 Å². The molecule has 1 heterocycles. The molecule has 20 heavy (non-hydrogen) atoms. The molecular formula is C15H17N3O2. The molecule has 0 atom stereocenters. The van der Waals surface area contributed by atoms with Crippen molar-refractivity contribution in [3.63, 3.8) is 0 Å². The first-order valence-electron chi connectivity index (χ1n) is 6.26. The van der Waals surface area contributed by atoms with Crippen molar-refractivity contribution in [3.05, 3.63) is 48.5 Å². The fraction of sp³-hybridized carbons (Fsp3) is 0.267. The van der Waals surface area contributed by atoms with Crippen LogP contribution in [-0.2, 0) is 9.53 Å². The molecule has 0 aliphatic rings. The number of carbonyl (C=O) groups excluding carboxylic acids is 1. The average Bonchev–Trinajstić information content (AvgIpc) is 2.99. The Hall–Kier alpha value is -2.27. The van der Waals surface area contributed by atoms with Crippen LogP contribution in [-0.4, -0.2) is 33.3 Å². The zero-order chi connectivity index (χ0) is 14.6. The number of benzene rings is 1. The number of rotatable bonds is 5. The molecule has 0 fully saturated rings. The maximum atomic E-state index is 12.6. The topological polar surface area (TPSA) is 57.0 Å². The fourth-order valence-electron chi connectivity index (χ4n) is 1.68.